The van der Waals surface area contributed by atoms with E-state index in [2.05, 4.69) is 30.2 Å². The molecule has 4 aromatic rings. The largest absolute Gasteiger partial charge is 0.394 e. The van der Waals surface area contributed by atoms with Crippen molar-refractivity contribution in [3.05, 3.63) is 49.1 Å². The first-order valence-electron chi connectivity index (χ1n) is 11.8. The third-order valence-corrected chi connectivity index (χ3v) is 6.60. The molecule has 2 saturated heterocycles. The number of hydrogen-bond donors (Lipinski definition) is 2. The number of piperazine rings is 1. The van der Waals surface area contributed by atoms with Crippen LogP contribution in [0.25, 0.3) is 28.1 Å². The van der Waals surface area contributed by atoms with Crippen LogP contribution in [-0.4, -0.2) is 80.2 Å². The Balaban J connectivity index is 1.35. The van der Waals surface area contributed by atoms with Crippen molar-refractivity contribution in [3.8, 4) is 17.2 Å². The number of anilines is 2. The van der Waals surface area contributed by atoms with E-state index < -0.39 is 0 Å². The maximum Gasteiger partial charge on any atom is 0.156 e. The van der Waals surface area contributed by atoms with Gasteiger partial charge in [0.1, 0.15) is 17.3 Å². The predicted octanol–water partition coefficient (Wildman–Crippen LogP) is 1.64. The van der Waals surface area contributed by atoms with Crippen molar-refractivity contribution < 1.29 is 5.11 Å². The highest BCUT2D eigenvalue weighted by Crippen LogP contribution is 2.27. The molecule has 0 radical (unpaired) electrons. The maximum atomic E-state index is 9.70. The molecule has 0 spiro atoms. The number of fused-ring (bicyclic) bond motifs is 1. The standard InChI is InChI=1S/C24H27N9O/c34-16-18-3-2-8-32(18)24-15-26-14-20(29-24)19-11-21-17(12-27-19)13-28-33(21)23-5-1-4-22(30-23)31-9-6-25-7-10-31/h1,4-5,11-15,18,25,34H,2-3,6-10,16H2/t18-/m0/s1. The fraction of sp³-hybridized carbons (Fsp3) is 0.375. The average molecular weight is 458 g/mol. The number of nitrogens with one attached hydrogen (secondary N) is 1. The lowest BCUT2D eigenvalue weighted by Crippen LogP contribution is -2.43. The Morgan fingerprint density at radius 1 is 0.941 bits per heavy atom. The molecule has 34 heavy (non-hydrogen) atoms. The second-order valence-corrected chi connectivity index (χ2v) is 8.71. The van der Waals surface area contributed by atoms with E-state index >= 15 is 0 Å². The van der Waals surface area contributed by atoms with Gasteiger partial charge >= 0.3 is 0 Å². The minimum absolute atomic E-state index is 0.0930. The van der Waals surface area contributed by atoms with Gasteiger partial charge in [-0.25, -0.2) is 14.6 Å². The normalized spacial score (nSPS) is 18.7. The van der Waals surface area contributed by atoms with Gasteiger partial charge in [-0.05, 0) is 31.0 Å². The van der Waals surface area contributed by atoms with E-state index in [0.717, 1.165) is 79.6 Å². The van der Waals surface area contributed by atoms with Crippen molar-refractivity contribution in [2.75, 3.05) is 49.1 Å². The van der Waals surface area contributed by atoms with E-state index in [4.69, 9.17) is 9.97 Å². The number of aliphatic hydroxyl groups is 1. The zero-order valence-electron chi connectivity index (χ0n) is 18.9. The van der Waals surface area contributed by atoms with Crippen LogP contribution in [0, 0.1) is 0 Å². The summed E-state index contributed by atoms with van der Waals surface area (Å²) in [6.45, 7) is 4.79. The summed E-state index contributed by atoms with van der Waals surface area (Å²) in [5, 5.41) is 18.6. The average Bonchev–Trinajstić information content (AvgIpc) is 3.56. The van der Waals surface area contributed by atoms with Gasteiger partial charge in [-0.3, -0.25) is 9.97 Å². The molecule has 2 N–H and O–H groups in total. The molecular weight excluding hydrogens is 430 g/mol. The summed E-state index contributed by atoms with van der Waals surface area (Å²) in [4.78, 5) is 23.2. The molecule has 0 saturated carbocycles. The Bertz CT molecular complexity index is 1300. The molecular formula is C24H27N9O. The molecule has 10 nitrogen and oxygen atoms in total. The summed E-state index contributed by atoms with van der Waals surface area (Å²) in [6, 6.07) is 8.13. The Morgan fingerprint density at radius 3 is 2.71 bits per heavy atom. The number of nitrogens with zero attached hydrogens (tertiary/aromatic N) is 8. The smallest absolute Gasteiger partial charge is 0.156 e. The molecule has 0 amide bonds. The van der Waals surface area contributed by atoms with Crippen LogP contribution in [0.4, 0.5) is 11.6 Å². The van der Waals surface area contributed by atoms with E-state index in [1.54, 1.807) is 12.4 Å². The zero-order valence-corrected chi connectivity index (χ0v) is 18.9. The summed E-state index contributed by atoms with van der Waals surface area (Å²) in [7, 11) is 0. The van der Waals surface area contributed by atoms with Gasteiger partial charge in [0.05, 0.1) is 42.4 Å². The fourth-order valence-corrected chi connectivity index (χ4v) is 4.79. The van der Waals surface area contributed by atoms with Gasteiger partial charge in [0.25, 0.3) is 0 Å². The highest BCUT2D eigenvalue weighted by Gasteiger charge is 2.25. The molecule has 10 heteroatoms. The molecule has 2 aliphatic heterocycles. The van der Waals surface area contributed by atoms with Gasteiger partial charge in [0.2, 0.25) is 0 Å². The number of pyridine rings is 2. The molecule has 6 rings (SSSR count). The second kappa shape index (κ2) is 8.96. The molecule has 174 valence electrons. The fourth-order valence-electron chi connectivity index (χ4n) is 4.79. The third kappa shape index (κ3) is 3.84. The Labute approximate surface area is 197 Å². The minimum Gasteiger partial charge on any atom is -0.394 e. The molecule has 0 unspecified atom stereocenters. The highest BCUT2D eigenvalue weighted by atomic mass is 16.3. The molecule has 0 aromatic carbocycles. The minimum atomic E-state index is 0.0930. The van der Waals surface area contributed by atoms with Gasteiger partial charge in [-0.2, -0.15) is 5.10 Å². The van der Waals surface area contributed by atoms with Crippen molar-refractivity contribution in [2.24, 2.45) is 0 Å². The summed E-state index contributed by atoms with van der Waals surface area (Å²) in [5.41, 5.74) is 2.33. The summed E-state index contributed by atoms with van der Waals surface area (Å²) in [6.07, 6.45) is 9.11. The van der Waals surface area contributed by atoms with Crippen LogP contribution in [0.2, 0.25) is 0 Å². The number of aromatic nitrogens is 6. The second-order valence-electron chi connectivity index (χ2n) is 8.71. The molecule has 0 aliphatic carbocycles. The van der Waals surface area contributed by atoms with Gasteiger partial charge in [0.15, 0.2) is 5.82 Å². The highest BCUT2D eigenvalue weighted by molar-refractivity contribution is 5.82. The van der Waals surface area contributed by atoms with Crippen LogP contribution in [0.3, 0.4) is 0 Å². The Kier molecular flexibility index (Phi) is 5.52. The van der Waals surface area contributed by atoms with Gasteiger partial charge < -0.3 is 20.2 Å². The van der Waals surface area contributed by atoms with Crippen LogP contribution in [0.15, 0.2) is 49.1 Å². The van der Waals surface area contributed by atoms with E-state index in [1.165, 1.54) is 0 Å². The monoisotopic (exact) mass is 457 g/mol. The van der Waals surface area contributed by atoms with Gasteiger partial charge in [-0.1, -0.05) is 6.07 Å². The van der Waals surface area contributed by atoms with E-state index in [1.807, 2.05) is 41.3 Å². The first-order valence-corrected chi connectivity index (χ1v) is 11.8. The molecule has 0 bridgehead atoms. The molecule has 4 aromatic heterocycles. The summed E-state index contributed by atoms with van der Waals surface area (Å²) < 4.78 is 1.85. The Morgan fingerprint density at radius 2 is 1.82 bits per heavy atom. The first kappa shape index (κ1) is 20.9. The number of aliphatic hydroxyl groups excluding tert-OH is 1. The van der Waals surface area contributed by atoms with Gasteiger partial charge in [0, 0.05) is 44.3 Å². The van der Waals surface area contributed by atoms with E-state index in [9.17, 15) is 5.11 Å². The summed E-state index contributed by atoms with van der Waals surface area (Å²) >= 11 is 0. The molecule has 2 fully saturated rings. The zero-order chi connectivity index (χ0) is 22.9. The lowest BCUT2D eigenvalue weighted by atomic mass is 10.2. The third-order valence-electron chi connectivity index (χ3n) is 6.60. The quantitative estimate of drug-likeness (QED) is 0.462. The van der Waals surface area contributed by atoms with Crippen LogP contribution >= 0.6 is 0 Å². The van der Waals surface area contributed by atoms with Gasteiger partial charge in [-0.15, -0.1) is 0 Å². The lowest BCUT2D eigenvalue weighted by molar-refractivity contribution is 0.266. The molecule has 6 heterocycles. The number of rotatable bonds is 5. The molecule has 2 aliphatic rings. The van der Waals surface area contributed by atoms with Crippen LogP contribution in [0.1, 0.15) is 12.8 Å². The number of hydrogen-bond acceptors (Lipinski definition) is 9. The first-order chi connectivity index (χ1) is 16.8. The van der Waals surface area contributed by atoms with Crippen molar-refractivity contribution in [1.29, 1.82) is 0 Å². The maximum absolute atomic E-state index is 9.70. The van der Waals surface area contributed by atoms with Crippen molar-refractivity contribution >= 4 is 22.5 Å². The topological polar surface area (TPSA) is 108 Å². The van der Waals surface area contributed by atoms with Crippen LogP contribution < -0.4 is 15.1 Å². The van der Waals surface area contributed by atoms with Crippen LogP contribution in [-0.2, 0) is 0 Å². The Hall–Kier alpha value is -3.63. The van der Waals surface area contributed by atoms with E-state index in [-0.39, 0.29) is 12.6 Å². The van der Waals surface area contributed by atoms with Crippen molar-refractivity contribution in [2.45, 2.75) is 18.9 Å². The lowest BCUT2D eigenvalue weighted by Gasteiger charge is -2.28. The van der Waals surface area contributed by atoms with Crippen LogP contribution in [0.5, 0.6) is 0 Å². The van der Waals surface area contributed by atoms with E-state index in [0.29, 0.717) is 5.69 Å². The van der Waals surface area contributed by atoms with Crippen molar-refractivity contribution in [1.82, 2.24) is 35.0 Å². The summed E-state index contributed by atoms with van der Waals surface area (Å²) in [5.74, 6) is 2.50. The SMILES string of the molecule is OC[C@@H]1CCCN1c1cncc(-c2cc3c(cn2)cnn3-c2cccc(N3CCNCC3)n2)n1. The van der Waals surface area contributed by atoms with Crippen molar-refractivity contribution in [3.63, 3.8) is 0 Å². The predicted molar refractivity (Wildman–Crippen MR) is 130 cm³/mol. The molecule has 1 atom stereocenters.